The van der Waals surface area contributed by atoms with Crippen LogP contribution in [0.1, 0.15) is 87.8 Å². The van der Waals surface area contributed by atoms with Crippen molar-refractivity contribution in [3.05, 3.63) is 22.8 Å². The summed E-state index contributed by atoms with van der Waals surface area (Å²) in [4.78, 5) is 12.2. The molecular weight excluding hydrogens is 354 g/mol. The lowest BCUT2D eigenvalue weighted by atomic mass is 10.0. The van der Waals surface area contributed by atoms with Crippen molar-refractivity contribution in [3.63, 3.8) is 0 Å². The lowest BCUT2D eigenvalue weighted by Gasteiger charge is -2.14. The van der Waals surface area contributed by atoms with E-state index in [4.69, 9.17) is 0 Å². The molecule has 2 N–H and O–H groups in total. The van der Waals surface area contributed by atoms with E-state index in [0.29, 0.717) is 11.5 Å². The molecule has 0 radical (unpaired) electrons. The van der Waals surface area contributed by atoms with Gasteiger partial charge < -0.3 is 10.4 Å². The van der Waals surface area contributed by atoms with Gasteiger partial charge in [0, 0.05) is 5.69 Å². The highest BCUT2D eigenvalue weighted by Crippen LogP contribution is 2.30. The van der Waals surface area contributed by atoms with Crippen LogP contribution in [0, 0.1) is 20.8 Å². The summed E-state index contributed by atoms with van der Waals surface area (Å²) >= 11 is 1.71. The Hall–Kier alpha value is -1.16. The number of nitrogens with one attached hydrogen (secondary N) is 1. The van der Waals surface area contributed by atoms with E-state index in [2.05, 4.69) is 12.2 Å². The molecule has 0 bridgehead atoms. The van der Waals surface area contributed by atoms with Gasteiger partial charge in [0.2, 0.25) is 5.91 Å². The van der Waals surface area contributed by atoms with Gasteiger partial charge in [-0.15, -0.1) is 0 Å². The number of thioether (sulfide) groups is 1. The normalized spacial score (nSPS) is 11.0. The van der Waals surface area contributed by atoms with Crippen molar-refractivity contribution in [1.29, 1.82) is 0 Å². The second-order valence-corrected chi connectivity index (χ2v) is 8.73. The standard InChI is InChI=1S/C23H39NO2S/c1-5-6-7-8-9-10-11-12-13-14-15-27-17-22(25)24-21-16-18(2)23(26)20(4)19(21)3/h16,26H,5-15,17H2,1-4H3,(H,24,25). The van der Waals surface area contributed by atoms with E-state index >= 15 is 0 Å². The first-order chi connectivity index (χ1) is 13.0. The smallest absolute Gasteiger partial charge is 0.234 e. The minimum atomic E-state index is 0.0414. The number of unbranched alkanes of at least 4 members (excludes halogenated alkanes) is 9. The van der Waals surface area contributed by atoms with Crippen LogP contribution < -0.4 is 5.32 Å². The van der Waals surface area contributed by atoms with E-state index in [1.54, 1.807) is 11.8 Å². The molecule has 1 aromatic rings. The minimum Gasteiger partial charge on any atom is -0.507 e. The van der Waals surface area contributed by atoms with Gasteiger partial charge in [0.25, 0.3) is 0 Å². The molecular formula is C23H39NO2S. The summed E-state index contributed by atoms with van der Waals surface area (Å²) in [5.41, 5.74) is 3.38. The fraction of sp³-hybridized carbons (Fsp3) is 0.696. The van der Waals surface area contributed by atoms with E-state index in [-0.39, 0.29) is 5.91 Å². The molecule has 27 heavy (non-hydrogen) atoms. The first-order valence-corrected chi connectivity index (χ1v) is 11.8. The summed E-state index contributed by atoms with van der Waals surface area (Å²) in [7, 11) is 0. The monoisotopic (exact) mass is 393 g/mol. The molecule has 0 aliphatic carbocycles. The quantitative estimate of drug-likeness (QED) is 0.267. The molecule has 0 heterocycles. The van der Waals surface area contributed by atoms with E-state index in [1.807, 2.05) is 26.8 Å². The summed E-state index contributed by atoms with van der Waals surface area (Å²) in [6.07, 6.45) is 13.4. The number of phenolic OH excluding ortho intramolecular Hbond substituents is 1. The number of carbonyl (C=O) groups is 1. The summed E-state index contributed by atoms with van der Waals surface area (Å²) in [5, 5.41) is 12.9. The molecule has 0 saturated carbocycles. The van der Waals surface area contributed by atoms with E-state index in [9.17, 15) is 9.90 Å². The third kappa shape index (κ3) is 9.55. The number of aromatic hydroxyl groups is 1. The fourth-order valence-corrected chi connectivity index (χ4v) is 4.05. The lowest BCUT2D eigenvalue weighted by Crippen LogP contribution is -2.15. The van der Waals surface area contributed by atoms with Gasteiger partial charge >= 0.3 is 0 Å². The Morgan fingerprint density at radius 3 is 2.07 bits per heavy atom. The van der Waals surface area contributed by atoms with Gasteiger partial charge in [-0.3, -0.25) is 4.79 Å². The molecule has 0 aliphatic rings. The molecule has 1 rings (SSSR count). The van der Waals surface area contributed by atoms with Crippen molar-refractivity contribution >= 4 is 23.4 Å². The Balaban J connectivity index is 2.08. The molecule has 0 atom stereocenters. The first-order valence-electron chi connectivity index (χ1n) is 10.6. The number of carbonyl (C=O) groups excluding carboxylic acids is 1. The van der Waals surface area contributed by atoms with Crippen molar-refractivity contribution in [2.75, 3.05) is 16.8 Å². The highest BCUT2D eigenvalue weighted by Gasteiger charge is 2.11. The molecule has 3 nitrogen and oxygen atoms in total. The molecule has 0 aromatic heterocycles. The van der Waals surface area contributed by atoms with Gasteiger partial charge in [0.15, 0.2) is 0 Å². The summed E-state index contributed by atoms with van der Waals surface area (Å²) in [6, 6.07) is 1.85. The summed E-state index contributed by atoms with van der Waals surface area (Å²) in [5.74, 6) is 1.91. The van der Waals surface area contributed by atoms with Crippen molar-refractivity contribution in [3.8, 4) is 5.75 Å². The van der Waals surface area contributed by atoms with E-state index in [0.717, 1.165) is 28.1 Å². The van der Waals surface area contributed by atoms with Crippen molar-refractivity contribution in [2.24, 2.45) is 0 Å². The zero-order chi connectivity index (χ0) is 20.1. The van der Waals surface area contributed by atoms with Gasteiger partial charge in [-0.05, 0) is 55.7 Å². The average Bonchev–Trinajstić information content (AvgIpc) is 2.65. The van der Waals surface area contributed by atoms with Crippen LogP contribution in [0.25, 0.3) is 0 Å². The topological polar surface area (TPSA) is 49.3 Å². The van der Waals surface area contributed by atoms with Crippen LogP contribution in [0.5, 0.6) is 5.75 Å². The van der Waals surface area contributed by atoms with Crippen molar-refractivity contribution in [1.82, 2.24) is 0 Å². The van der Waals surface area contributed by atoms with Crippen LogP contribution >= 0.6 is 11.8 Å². The molecule has 0 spiro atoms. The van der Waals surface area contributed by atoms with Crippen LogP contribution in [0.4, 0.5) is 5.69 Å². The maximum absolute atomic E-state index is 12.2. The van der Waals surface area contributed by atoms with Gasteiger partial charge in [-0.2, -0.15) is 11.8 Å². The largest absolute Gasteiger partial charge is 0.507 e. The predicted molar refractivity (Wildman–Crippen MR) is 120 cm³/mol. The molecule has 4 heteroatoms. The van der Waals surface area contributed by atoms with Gasteiger partial charge in [-0.1, -0.05) is 64.7 Å². The number of hydrogen-bond acceptors (Lipinski definition) is 3. The number of rotatable bonds is 14. The van der Waals surface area contributed by atoms with Crippen LogP contribution in [-0.2, 0) is 4.79 Å². The number of anilines is 1. The fourth-order valence-electron chi connectivity index (χ4n) is 3.24. The molecule has 0 aliphatic heterocycles. The third-order valence-corrected chi connectivity index (χ3v) is 6.25. The van der Waals surface area contributed by atoms with Crippen LogP contribution in [0.3, 0.4) is 0 Å². The minimum absolute atomic E-state index is 0.0414. The van der Waals surface area contributed by atoms with Gasteiger partial charge in [0.05, 0.1) is 5.75 Å². The van der Waals surface area contributed by atoms with Gasteiger partial charge in [0.1, 0.15) is 5.75 Å². The van der Waals surface area contributed by atoms with E-state index in [1.165, 1.54) is 64.2 Å². The second kappa shape index (κ2) is 13.9. The van der Waals surface area contributed by atoms with Crippen LogP contribution in [0.15, 0.2) is 6.07 Å². The van der Waals surface area contributed by atoms with Crippen molar-refractivity contribution < 1.29 is 9.90 Å². The van der Waals surface area contributed by atoms with E-state index < -0.39 is 0 Å². The molecule has 154 valence electrons. The highest BCUT2D eigenvalue weighted by atomic mass is 32.2. The average molecular weight is 394 g/mol. The summed E-state index contributed by atoms with van der Waals surface area (Å²) < 4.78 is 0. The molecule has 0 saturated heterocycles. The number of benzene rings is 1. The van der Waals surface area contributed by atoms with Crippen LogP contribution in [-0.4, -0.2) is 22.5 Å². The first kappa shape index (κ1) is 23.9. The Labute approximate surface area is 170 Å². The maximum atomic E-state index is 12.2. The number of hydrogen-bond donors (Lipinski definition) is 2. The Morgan fingerprint density at radius 1 is 0.926 bits per heavy atom. The lowest BCUT2D eigenvalue weighted by molar-refractivity contribution is -0.113. The zero-order valence-corrected chi connectivity index (χ0v) is 18.6. The molecule has 0 fully saturated rings. The zero-order valence-electron chi connectivity index (χ0n) is 17.8. The molecule has 1 aromatic carbocycles. The Morgan fingerprint density at radius 2 is 1.48 bits per heavy atom. The molecule has 0 unspecified atom stereocenters. The maximum Gasteiger partial charge on any atom is 0.234 e. The number of amides is 1. The van der Waals surface area contributed by atoms with Crippen LogP contribution in [0.2, 0.25) is 0 Å². The Bertz CT molecular complexity index is 572. The number of aryl methyl sites for hydroxylation is 1. The Kier molecular flexibility index (Phi) is 12.3. The van der Waals surface area contributed by atoms with Gasteiger partial charge in [-0.25, -0.2) is 0 Å². The molecule has 1 amide bonds. The van der Waals surface area contributed by atoms with Crippen molar-refractivity contribution in [2.45, 2.75) is 91.9 Å². The predicted octanol–water partition coefficient (Wildman–Crippen LogP) is 6.91. The highest BCUT2D eigenvalue weighted by molar-refractivity contribution is 7.99. The number of phenols is 1. The second-order valence-electron chi connectivity index (χ2n) is 7.62. The summed E-state index contributed by atoms with van der Waals surface area (Å²) in [6.45, 7) is 7.93. The third-order valence-electron chi connectivity index (χ3n) is 5.21. The SMILES string of the molecule is CCCCCCCCCCCCSCC(=O)Nc1cc(C)c(O)c(C)c1C.